The fourth-order valence-electron chi connectivity index (χ4n) is 8.93. The number of aliphatic hydroxyl groups is 18. The molecular weight excluding hydrogens is 994 g/mol. The fraction of sp³-hybridized carbons (Fsp3) is 1.00. The van der Waals surface area contributed by atoms with Gasteiger partial charge in [0.05, 0.1) is 39.6 Å². The molecule has 22 aliphatic heterocycles. The molecule has 0 aliphatic carbocycles. The summed E-state index contributed by atoms with van der Waals surface area (Å²) in [6, 6.07) is 0. The molecule has 22 rings (SSSR count). The molecule has 0 aromatic carbocycles. The van der Waals surface area contributed by atoms with Crippen LogP contribution >= 0.6 is 0 Å². The van der Waals surface area contributed by atoms with Crippen LogP contribution in [-0.2, 0) is 78.7 Å². The number of ether oxygens (including phenoxy) is 12. The van der Waals surface area contributed by atoms with Crippen molar-refractivity contribution in [3.05, 3.63) is 0 Å². The van der Waals surface area contributed by atoms with Crippen molar-refractivity contribution in [3.63, 3.8) is 0 Å². The van der Waals surface area contributed by atoms with Gasteiger partial charge in [-0.1, -0.05) is 0 Å². The van der Waals surface area contributed by atoms with Crippen molar-refractivity contribution >= 4 is 0 Å². The Kier molecular flexibility index (Phi) is 20.4. The van der Waals surface area contributed by atoms with Crippen molar-refractivity contribution in [2.24, 2.45) is 0 Å². The first-order valence-electron chi connectivity index (χ1n) is 21.4. The van der Waals surface area contributed by atoms with E-state index >= 15 is 0 Å². The summed E-state index contributed by atoms with van der Waals surface area (Å²) in [7, 11) is 0. The Morgan fingerprint density at radius 3 is 0.441 bits per heavy atom. The van der Waals surface area contributed by atoms with E-state index in [4.69, 9.17) is 60.4 Å². The molecule has 0 spiro atoms. The van der Waals surface area contributed by atoms with Crippen LogP contribution in [0.2, 0.25) is 0 Å². The number of hydrogen-bond donors (Lipinski definition) is 18. The molecule has 0 saturated carbocycles. The summed E-state index contributed by atoms with van der Waals surface area (Å²) in [5.74, 6) is 0. The van der Waals surface area contributed by atoms with Crippen LogP contribution in [-0.4, -0.2) is 316 Å². The minimum atomic E-state index is -2.15. The van der Waals surface area contributed by atoms with E-state index in [1.807, 2.05) is 0 Å². The van der Waals surface area contributed by atoms with Crippen molar-refractivity contribution in [2.45, 2.75) is 184 Å². The van der Waals surface area contributed by atoms with Crippen molar-refractivity contribution in [1.29, 1.82) is 0 Å². The Balaban J connectivity index is 0.00000376. The minimum absolute atomic E-state index is 0.125. The Bertz CT molecular complexity index is 1260. The Labute approximate surface area is 393 Å². The first kappa shape index (κ1) is 56.5. The first-order valence-corrected chi connectivity index (χ1v) is 22.6. The van der Waals surface area contributed by atoms with Gasteiger partial charge in [-0.15, -0.1) is 0 Å². The zero-order chi connectivity index (χ0) is 50.0. The van der Waals surface area contributed by atoms with E-state index in [9.17, 15) is 91.9 Å². The third kappa shape index (κ3) is 11.2. The van der Waals surface area contributed by atoms with E-state index in [-0.39, 0.29) is 18.3 Å². The Hall–Kier alpha value is -0.777. The monoisotopic (exact) mass is 1050 g/mol. The van der Waals surface area contributed by atoms with Crippen LogP contribution in [0.1, 0.15) is 0 Å². The molecule has 30 atom stereocenters. The van der Waals surface area contributed by atoms with Gasteiger partial charge in [0.1, 0.15) is 146 Å². The molecule has 0 aromatic heterocycles. The summed E-state index contributed by atoms with van der Waals surface area (Å²) >= 11 is 0.125. The normalized spacial score (nSPS) is 53.8. The van der Waals surface area contributed by atoms with E-state index in [1.54, 1.807) is 0 Å². The number of aliphatic hydroxyl groups excluding tert-OH is 18. The summed E-state index contributed by atoms with van der Waals surface area (Å²) in [6.07, 6.45) is -58.5. The number of rotatable bonds is 6. The molecule has 0 unspecified atom stereocenters. The van der Waals surface area contributed by atoms with Crippen LogP contribution in [0.3, 0.4) is 0 Å². The third-order valence-electron chi connectivity index (χ3n) is 12.7. The molecule has 22 heterocycles. The molecule has 68 heavy (non-hydrogen) atoms. The van der Waals surface area contributed by atoms with Crippen LogP contribution in [0.25, 0.3) is 0 Å². The molecule has 22 saturated heterocycles. The van der Waals surface area contributed by atoms with Crippen molar-refractivity contribution in [1.82, 2.24) is 0 Å². The maximum atomic E-state index is 11.2. The van der Waals surface area contributed by atoms with Gasteiger partial charge >= 0.3 is 21.8 Å². The van der Waals surface area contributed by atoms with E-state index in [0.29, 0.717) is 0 Å². The van der Waals surface area contributed by atoms with Gasteiger partial charge in [0.15, 0.2) is 37.7 Å². The van der Waals surface area contributed by atoms with E-state index in [0.717, 1.165) is 0 Å². The zero-order valence-corrected chi connectivity index (χ0v) is 38.6. The van der Waals surface area contributed by atoms with Gasteiger partial charge in [-0.2, -0.15) is 0 Å². The molecule has 0 radical (unpaired) electrons. The van der Waals surface area contributed by atoms with Gasteiger partial charge in [0, 0.05) is 0 Å². The predicted molar refractivity (Wildman–Crippen MR) is 196 cm³/mol. The van der Waals surface area contributed by atoms with Gasteiger partial charge in [0.2, 0.25) is 0 Å². The molecule has 0 aromatic rings. The van der Waals surface area contributed by atoms with Crippen molar-refractivity contribution < 1.29 is 171 Å². The average Bonchev–Trinajstić information content (AvgIpc) is 3.34. The van der Waals surface area contributed by atoms with Gasteiger partial charge in [-0.3, -0.25) is 0 Å². The van der Waals surface area contributed by atoms with Crippen molar-refractivity contribution in [3.8, 4) is 0 Å². The summed E-state index contributed by atoms with van der Waals surface area (Å²) in [5.41, 5.74) is 0. The van der Waals surface area contributed by atoms with Crippen LogP contribution in [0.5, 0.6) is 0 Å². The molecule has 22 aliphatic rings. The third-order valence-corrected chi connectivity index (χ3v) is 12.7. The van der Waals surface area contributed by atoms with Crippen LogP contribution in [0.4, 0.5) is 0 Å². The summed E-state index contributed by atoms with van der Waals surface area (Å²) in [6.45, 7) is -5.99. The quantitative estimate of drug-likeness (QED) is 0.110. The Morgan fingerprint density at radius 2 is 0.338 bits per heavy atom. The average molecular weight is 1050 g/mol. The standard InChI is InChI=1S/C36H60O30.O.Zn/c37-1-7-25-13(43)19(49)31(55-7)62-26-8(2-38)57-33(21(51)15(26)45)64-28-10(4-40)59-35(23(53)17(28)47)66-30-12(6-42)60-36(24(54)18(30)48)65-29-11(5-41)58-34(22(52)16(29)46)63-27-9(3-39)56-32(61-25)20(50)14(27)44;;/h7-54H,1-6H2;;/t7-,8-,9-,10-,11-,12-,13-,14-,15-,16-,17-,18-,19-,20-,21-,22-,23-,24-,25-,26-,27-,28-,29-,30-,31-,32-,33-,34-,35-,36-;;/m1../s1. The van der Waals surface area contributed by atoms with Crippen molar-refractivity contribution in [2.75, 3.05) is 39.6 Å². The molecule has 0 amide bonds. The Morgan fingerprint density at radius 1 is 0.221 bits per heavy atom. The molecule has 31 nitrogen and oxygen atoms in total. The summed E-state index contributed by atoms with van der Waals surface area (Å²) < 4.78 is 76.2. The van der Waals surface area contributed by atoms with Crippen LogP contribution < -0.4 is 0 Å². The van der Waals surface area contributed by atoms with Crippen LogP contribution in [0.15, 0.2) is 0 Å². The molecule has 392 valence electrons. The molecule has 22 fully saturated rings. The van der Waals surface area contributed by atoms with E-state index in [2.05, 4.69) is 0 Å². The molecule has 12 bridgehead atoms. The molecular formula is C36H60O31Zn. The second-order valence-corrected chi connectivity index (χ2v) is 16.8. The van der Waals surface area contributed by atoms with E-state index in [1.165, 1.54) is 0 Å². The van der Waals surface area contributed by atoms with Crippen LogP contribution in [0, 0.1) is 0 Å². The first-order chi connectivity index (χ1) is 32.4. The van der Waals surface area contributed by atoms with Gasteiger partial charge in [0.25, 0.3) is 0 Å². The predicted octanol–water partition coefficient (Wildman–Crippen LogP) is -13.2. The van der Waals surface area contributed by atoms with E-state index < -0.39 is 224 Å². The maximum absolute atomic E-state index is 11.2. The summed E-state index contributed by atoms with van der Waals surface area (Å²) in [4.78, 5) is 0. The second-order valence-electron chi connectivity index (χ2n) is 16.8. The molecule has 32 heteroatoms. The van der Waals surface area contributed by atoms with Gasteiger partial charge in [-0.25, -0.2) is 0 Å². The second kappa shape index (κ2) is 24.5. The fourth-order valence-corrected chi connectivity index (χ4v) is 8.93. The zero-order valence-electron chi connectivity index (χ0n) is 35.6. The van der Waals surface area contributed by atoms with Gasteiger partial charge < -0.3 is 149 Å². The topological polar surface area (TPSA) is 492 Å². The van der Waals surface area contributed by atoms with Gasteiger partial charge in [-0.05, 0) is 0 Å². The molecule has 18 N–H and O–H groups in total. The number of hydrogen-bond acceptors (Lipinski definition) is 31. The SMILES string of the molecule is OC[C@H]1O[C@@H]2O[C@H]3[C@H](O)[C@@H](O)[C@@H](O[C@H]4[C@H](O)[C@@H](O)[C@@H](O[C@H]5[C@H](O)[C@@H](O)[C@@H](O[C@H]6[C@H](O)[C@@H](O)[C@@H](O[C@H]7[C@H](O)[C@@H](O)[C@@H](O[C@H]1[C@H](O)[C@H]2O)O[C@@H]7CO)O[C@@H]6CO)O[C@@H]5CO)O[C@@H]4CO)O[C@@H]3CO.[O]=[Zn]. The summed E-state index contributed by atoms with van der Waals surface area (Å²) in [5, 5.41) is 196.